The summed E-state index contributed by atoms with van der Waals surface area (Å²) in [5, 5.41) is 4.42. The van der Waals surface area contributed by atoms with Gasteiger partial charge in [0.05, 0.1) is 12.3 Å². The van der Waals surface area contributed by atoms with Gasteiger partial charge in [-0.1, -0.05) is 0 Å². The zero-order valence-corrected chi connectivity index (χ0v) is 14.0. The van der Waals surface area contributed by atoms with Crippen molar-refractivity contribution in [3.63, 3.8) is 0 Å². The maximum atomic E-state index is 5.48. The van der Waals surface area contributed by atoms with Crippen LogP contribution in [0.1, 0.15) is 10.6 Å². The molecule has 120 valence electrons. The molecule has 1 N–H and O–H groups in total. The summed E-state index contributed by atoms with van der Waals surface area (Å²) in [5.74, 6) is 0. The van der Waals surface area contributed by atoms with Crippen molar-refractivity contribution in [2.75, 3.05) is 52.5 Å². The van der Waals surface area contributed by atoms with E-state index in [2.05, 4.69) is 17.1 Å². The van der Waals surface area contributed by atoms with E-state index in [4.69, 9.17) is 19.2 Å². The summed E-state index contributed by atoms with van der Waals surface area (Å²) in [6, 6.07) is 0. The molecule has 0 saturated carbocycles. The Balaban J connectivity index is 1.95. The van der Waals surface area contributed by atoms with Gasteiger partial charge >= 0.3 is 0 Å². The van der Waals surface area contributed by atoms with Gasteiger partial charge < -0.3 is 24.4 Å². The van der Waals surface area contributed by atoms with Crippen molar-refractivity contribution in [3.05, 3.63) is 10.6 Å². The number of thiazole rings is 1. The van der Waals surface area contributed by atoms with Gasteiger partial charge in [-0.3, -0.25) is 0 Å². The first-order valence-corrected chi connectivity index (χ1v) is 7.97. The molecule has 2 rings (SSSR count). The molecule has 0 radical (unpaired) electrons. The highest BCUT2D eigenvalue weighted by Gasteiger charge is 2.34. The van der Waals surface area contributed by atoms with Crippen LogP contribution in [0, 0.1) is 6.92 Å². The molecule has 0 bridgehead atoms. The zero-order valence-electron chi connectivity index (χ0n) is 13.2. The monoisotopic (exact) mass is 315 g/mol. The SMILES string of the molecule is COCCNCc1sc(N2CC(OC)C(OC)C2)nc1C. The summed E-state index contributed by atoms with van der Waals surface area (Å²) >= 11 is 1.74. The average molecular weight is 315 g/mol. The van der Waals surface area contributed by atoms with Gasteiger partial charge in [0, 0.05) is 52.4 Å². The lowest BCUT2D eigenvalue weighted by molar-refractivity contribution is -0.00461. The predicted molar refractivity (Wildman–Crippen MR) is 84.2 cm³/mol. The molecule has 1 aromatic heterocycles. The molecule has 1 aliphatic rings. The van der Waals surface area contributed by atoms with Gasteiger partial charge in [-0.25, -0.2) is 4.98 Å². The van der Waals surface area contributed by atoms with Crippen LogP contribution in [0.15, 0.2) is 0 Å². The molecule has 7 heteroatoms. The fraction of sp³-hybridized carbons (Fsp3) is 0.786. The number of nitrogens with zero attached hydrogens (tertiary/aromatic N) is 2. The van der Waals surface area contributed by atoms with Gasteiger partial charge in [0.2, 0.25) is 0 Å². The highest BCUT2D eigenvalue weighted by Crippen LogP contribution is 2.30. The quantitative estimate of drug-likeness (QED) is 0.724. The van der Waals surface area contributed by atoms with Gasteiger partial charge in [-0.05, 0) is 6.92 Å². The van der Waals surface area contributed by atoms with Crippen molar-refractivity contribution in [1.82, 2.24) is 10.3 Å². The predicted octanol–water partition coefficient (Wildman–Crippen LogP) is 1.04. The molecular weight excluding hydrogens is 290 g/mol. The molecule has 2 atom stereocenters. The summed E-state index contributed by atoms with van der Waals surface area (Å²) in [4.78, 5) is 8.21. The number of nitrogens with one attached hydrogen (secondary N) is 1. The van der Waals surface area contributed by atoms with Crippen LogP contribution >= 0.6 is 11.3 Å². The Bertz CT molecular complexity index is 429. The fourth-order valence-corrected chi connectivity index (χ4v) is 3.49. The number of aromatic nitrogens is 1. The van der Waals surface area contributed by atoms with E-state index < -0.39 is 0 Å². The molecule has 2 unspecified atom stereocenters. The van der Waals surface area contributed by atoms with E-state index >= 15 is 0 Å². The summed E-state index contributed by atoms with van der Waals surface area (Å²) in [6.45, 7) is 6.14. The van der Waals surface area contributed by atoms with Crippen molar-refractivity contribution in [2.24, 2.45) is 0 Å². The maximum absolute atomic E-state index is 5.48. The van der Waals surface area contributed by atoms with E-state index in [1.54, 1.807) is 32.7 Å². The van der Waals surface area contributed by atoms with Crippen LogP contribution in [-0.2, 0) is 20.8 Å². The third-order valence-corrected chi connectivity index (χ3v) is 4.96. The molecule has 1 aliphatic heterocycles. The first-order chi connectivity index (χ1) is 10.2. The first kappa shape index (κ1) is 16.6. The van der Waals surface area contributed by atoms with Gasteiger partial charge in [0.1, 0.15) is 12.2 Å². The molecule has 6 nitrogen and oxygen atoms in total. The van der Waals surface area contributed by atoms with E-state index in [9.17, 15) is 0 Å². The number of ether oxygens (including phenoxy) is 3. The van der Waals surface area contributed by atoms with Gasteiger partial charge in [0.15, 0.2) is 5.13 Å². The summed E-state index contributed by atoms with van der Waals surface area (Å²) in [7, 11) is 5.18. The second-order valence-electron chi connectivity index (χ2n) is 5.13. The molecular formula is C14H25N3O3S. The lowest BCUT2D eigenvalue weighted by Gasteiger charge is -2.13. The smallest absolute Gasteiger partial charge is 0.185 e. The van der Waals surface area contributed by atoms with Gasteiger partial charge in [-0.15, -0.1) is 11.3 Å². The molecule has 1 aromatic rings. The Morgan fingerprint density at radius 2 is 1.90 bits per heavy atom. The number of aryl methyl sites for hydroxylation is 1. The van der Waals surface area contributed by atoms with Crippen molar-refractivity contribution in [1.29, 1.82) is 0 Å². The minimum atomic E-state index is 0.113. The topological polar surface area (TPSA) is 55.9 Å². The highest BCUT2D eigenvalue weighted by molar-refractivity contribution is 7.15. The third kappa shape index (κ3) is 4.14. The van der Waals surface area contributed by atoms with Crippen LogP contribution in [0.2, 0.25) is 0 Å². The third-order valence-electron chi connectivity index (χ3n) is 3.74. The molecule has 1 saturated heterocycles. The average Bonchev–Trinajstić information content (AvgIpc) is 3.07. The van der Waals surface area contributed by atoms with Crippen molar-refractivity contribution >= 4 is 16.5 Å². The summed E-state index contributed by atoms with van der Waals surface area (Å²) in [5.41, 5.74) is 1.09. The second-order valence-corrected chi connectivity index (χ2v) is 6.19. The van der Waals surface area contributed by atoms with E-state index in [1.807, 2.05) is 0 Å². The summed E-state index contributed by atoms with van der Waals surface area (Å²) < 4.78 is 16.0. The van der Waals surface area contributed by atoms with E-state index in [-0.39, 0.29) is 12.2 Å². The fourth-order valence-electron chi connectivity index (χ4n) is 2.44. The highest BCUT2D eigenvalue weighted by atomic mass is 32.1. The lowest BCUT2D eigenvalue weighted by Crippen LogP contribution is -2.27. The largest absolute Gasteiger partial charge is 0.383 e. The van der Waals surface area contributed by atoms with Crippen LogP contribution in [0.3, 0.4) is 0 Å². The van der Waals surface area contributed by atoms with Gasteiger partial charge in [-0.2, -0.15) is 0 Å². The number of anilines is 1. The minimum Gasteiger partial charge on any atom is -0.383 e. The molecule has 0 amide bonds. The van der Waals surface area contributed by atoms with Crippen LogP contribution in [0.4, 0.5) is 5.13 Å². The number of hydrogen-bond acceptors (Lipinski definition) is 7. The Morgan fingerprint density at radius 1 is 1.24 bits per heavy atom. The van der Waals surface area contributed by atoms with Crippen LogP contribution < -0.4 is 10.2 Å². The number of rotatable bonds is 8. The van der Waals surface area contributed by atoms with E-state index in [0.29, 0.717) is 0 Å². The Morgan fingerprint density at radius 3 is 2.48 bits per heavy atom. The van der Waals surface area contributed by atoms with Crippen molar-refractivity contribution < 1.29 is 14.2 Å². The molecule has 1 fully saturated rings. The van der Waals surface area contributed by atoms with E-state index in [1.165, 1.54) is 4.88 Å². The Labute approximate surface area is 130 Å². The van der Waals surface area contributed by atoms with Crippen LogP contribution in [-0.4, -0.2) is 64.8 Å². The zero-order chi connectivity index (χ0) is 15.2. The van der Waals surface area contributed by atoms with Crippen molar-refractivity contribution in [2.45, 2.75) is 25.7 Å². The maximum Gasteiger partial charge on any atom is 0.185 e. The molecule has 21 heavy (non-hydrogen) atoms. The molecule has 2 heterocycles. The Hall–Kier alpha value is -0.730. The Kier molecular flexibility index (Phi) is 6.38. The number of hydrogen-bond donors (Lipinski definition) is 1. The molecule has 0 aliphatic carbocycles. The van der Waals surface area contributed by atoms with Crippen molar-refractivity contribution in [3.8, 4) is 0 Å². The van der Waals surface area contributed by atoms with Gasteiger partial charge in [0.25, 0.3) is 0 Å². The minimum absolute atomic E-state index is 0.113. The standard InChI is InChI=1S/C14H25N3O3S/c1-10-13(7-15-5-6-18-2)21-14(16-10)17-8-11(19-3)12(9-17)20-4/h11-12,15H,5-9H2,1-4H3. The first-order valence-electron chi connectivity index (χ1n) is 7.16. The molecule has 0 aromatic carbocycles. The normalized spacial score (nSPS) is 22.2. The van der Waals surface area contributed by atoms with Crippen LogP contribution in [0.25, 0.3) is 0 Å². The van der Waals surface area contributed by atoms with E-state index in [0.717, 1.165) is 43.6 Å². The summed E-state index contributed by atoms with van der Waals surface area (Å²) in [6.07, 6.45) is 0.227. The lowest BCUT2D eigenvalue weighted by atomic mass is 10.3. The molecule has 0 spiro atoms. The van der Waals surface area contributed by atoms with Crippen LogP contribution in [0.5, 0.6) is 0 Å². The second kappa shape index (κ2) is 8.05. The number of methoxy groups -OCH3 is 3.